The van der Waals surface area contributed by atoms with Crippen LogP contribution < -0.4 is 10.0 Å². The molecule has 0 radical (unpaired) electrons. The van der Waals surface area contributed by atoms with Crippen molar-refractivity contribution in [2.75, 3.05) is 6.26 Å². The summed E-state index contributed by atoms with van der Waals surface area (Å²) >= 11 is 0. The van der Waals surface area contributed by atoms with Crippen molar-refractivity contribution >= 4 is 15.9 Å². The highest BCUT2D eigenvalue weighted by Gasteiger charge is 2.48. The topological polar surface area (TPSA) is 95.5 Å². The van der Waals surface area contributed by atoms with Crippen molar-refractivity contribution in [1.29, 1.82) is 0 Å². The maximum atomic E-state index is 12.2. The van der Waals surface area contributed by atoms with Gasteiger partial charge in [-0.15, -0.1) is 0 Å². The molecule has 3 unspecified atom stereocenters. The molecule has 1 rings (SSSR count). The zero-order valence-electron chi connectivity index (χ0n) is 12.8. The first-order chi connectivity index (χ1) is 8.93. The SMILES string of the molecule is CC(C)CC(NS(C)(=O)=O)C(=O)NC1CC(O)C1(C)C. The van der Waals surface area contributed by atoms with E-state index in [4.69, 9.17) is 0 Å². The van der Waals surface area contributed by atoms with Gasteiger partial charge in [-0.2, -0.15) is 0 Å². The quantitative estimate of drug-likeness (QED) is 0.654. The van der Waals surface area contributed by atoms with Gasteiger partial charge in [0.1, 0.15) is 6.04 Å². The molecule has 1 saturated carbocycles. The molecule has 0 aromatic heterocycles. The molecule has 0 heterocycles. The van der Waals surface area contributed by atoms with Gasteiger partial charge in [-0.1, -0.05) is 27.7 Å². The van der Waals surface area contributed by atoms with Crippen molar-refractivity contribution < 1.29 is 18.3 Å². The van der Waals surface area contributed by atoms with Crippen LogP contribution in [0.2, 0.25) is 0 Å². The van der Waals surface area contributed by atoms with Crippen molar-refractivity contribution in [2.45, 2.75) is 58.7 Å². The van der Waals surface area contributed by atoms with Crippen LogP contribution >= 0.6 is 0 Å². The van der Waals surface area contributed by atoms with Crippen molar-refractivity contribution in [1.82, 2.24) is 10.0 Å². The first-order valence-corrected chi connectivity index (χ1v) is 8.78. The van der Waals surface area contributed by atoms with Crippen molar-refractivity contribution in [3.8, 4) is 0 Å². The van der Waals surface area contributed by atoms with Crippen molar-refractivity contribution in [2.24, 2.45) is 11.3 Å². The van der Waals surface area contributed by atoms with Gasteiger partial charge < -0.3 is 10.4 Å². The highest BCUT2D eigenvalue weighted by atomic mass is 32.2. The second-order valence-electron chi connectivity index (χ2n) is 6.71. The van der Waals surface area contributed by atoms with Gasteiger partial charge in [0, 0.05) is 11.5 Å². The van der Waals surface area contributed by atoms with Crippen LogP contribution in [-0.4, -0.2) is 43.9 Å². The van der Waals surface area contributed by atoms with Gasteiger partial charge in [-0.25, -0.2) is 13.1 Å². The molecule has 7 heteroatoms. The Morgan fingerprint density at radius 3 is 2.30 bits per heavy atom. The summed E-state index contributed by atoms with van der Waals surface area (Å²) in [5.41, 5.74) is -0.372. The van der Waals surface area contributed by atoms with Gasteiger partial charge in [-0.05, 0) is 18.8 Å². The maximum absolute atomic E-state index is 12.2. The molecule has 0 aromatic carbocycles. The highest BCUT2D eigenvalue weighted by Crippen LogP contribution is 2.40. The number of hydrogen-bond donors (Lipinski definition) is 3. The van der Waals surface area contributed by atoms with E-state index >= 15 is 0 Å². The minimum absolute atomic E-state index is 0.124. The van der Waals surface area contributed by atoms with E-state index in [2.05, 4.69) is 10.0 Å². The smallest absolute Gasteiger partial charge is 0.238 e. The molecule has 0 bridgehead atoms. The second kappa shape index (κ2) is 5.99. The molecule has 1 amide bonds. The number of sulfonamides is 1. The summed E-state index contributed by atoms with van der Waals surface area (Å²) in [5, 5.41) is 12.5. The number of rotatable bonds is 6. The lowest BCUT2D eigenvalue weighted by Gasteiger charge is -2.49. The normalized spacial score (nSPS) is 26.9. The van der Waals surface area contributed by atoms with Crippen LogP contribution in [0.5, 0.6) is 0 Å². The van der Waals surface area contributed by atoms with E-state index in [1.54, 1.807) is 0 Å². The third-order valence-electron chi connectivity index (χ3n) is 3.91. The van der Waals surface area contributed by atoms with Gasteiger partial charge in [0.25, 0.3) is 0 Å². The summed E-state index contributed by atoms with van der Waals surface area (Å²) < 4.78 is 25.1. The molecule has 1 aliphatic rings. The van der Waals surface area contributed by atoms with Crippen LogP contribution in [0.15, 0.2) is 0 Å². The van der Waals surface area contributed by atoms with Crippen molar-refractivity contribution in [3.05, 3.63) is 0 Å². The first-order valence-electron chi connectivity index (χ1n) is 6.89. The lowest BCUT2D eigenvalue weighted by Crippen LogP contribution is -2.63. The van der Waals surface area contributed by atoms with Crippen LogP contribution in [0, 0.1) is 11.3 Å². The fraction of sp³-hybridized carbons (Fsp3) is 0.923. The molecule has 0 saturated heterocycles. The average Bonchev–Trinajstić information content (AvgIpc) is 2.25. The Hall–Kier alpha value is -0.660. The van der Waals surface area contributed by atoms with Gasteiger partial charge in [-0.3, -0.25) is 4.79 Å². The summed E-state index contributed by atoms with van der Waals surface area (Å²) in [6.45, 7) is 7.63. The Kier molecular flexibility index (Phi) is 5.21. The van der Waals surface area contributed by atoms with Crippen LogP contribution in [0.4, 0.5) is 0 Å². The molecule has 0 aromatic rings. The monoisotopic (exact) mass is 306 g/mol. The molecule has 6 nitrogen and oxygen atoms in total. The Labute approximate surface area is 121 Å². The van der Waals surface area contributed by atoms with E-state index in [1.165, 1.54) is 0 Å². The molecular weight excluding hydrogens is 280 g/mol. The van der Waals surface area contributed by atoms with Crippen molar-refractivity contribution in [3.63, 3.8) is 0 Å². The predicted molar refractivity (Wildman–Crippen MR) is 77.6 cm³/mol. The largest absolute Gasteiger partial charge is 0.392 e. The Bertz CT molecular complexity index is 459. The third kappa shape index (κ3) is 4.43. The van der Waals surface area contributed by atoms with Gasteiger partial charge in [0.05, 0.1) is 12.4 Å². The molecule has 0 aliphatic heterocycles. The van der Waals surface area contributed by atoms with Gasteiger partial charge >= 0.3 is 0 Å². The average molecular weight is 306 g/mol. The summed E-state index contributed by atoms with van der Waals surface area (Å²) in [7, 11) is -3.44. The first kappa shape index (κ1) is 17.4. The van der Waals surface area contributed by atoms with Crippen LogP contribution in [0.25, 0.3) is 0 Å². The number of aliphatic hydroxyl groups is 1. The van der Waals surface area contributed by atoms with Gasteiger partial charge in [0.2, 0.25) is 15.9 Å². The Morgan fingerprint density at radius 2 is 1.95 bits per heavy atom. The highest BCUT2D eigenvalue weighted by molar-refractivity contribution is 7.88. The molecule has 1 fully saturated rings. The summed E-state index contributed by atoms with van der Waals surface area (Å²) in [4.78, 5) is 12.2. The molecule has 3 N–H and O–H groups in total. The third-order valence-corrected chi connectivity index (χ3v) is 4.62. The van der Waals surface area contributed by atoms with E-state index in [0.29, 0.717) is 12.8 Å². The Morgan fingerprint density at radius 1 is 1.40 bits per heavy atom. The fourth-order valence-corrected chi connectivity index (χ4v) is 3.08. The molecule has 3 atom stereocenters. The van der Waals surface area contributed by atoms with E-state index < -0.39 is 22.2 Å². The van der Waals surface area contributed by atoms with Crippen LogP contribution in [0.1, 0.15) is 40.5 Å². The lowest BCUT2D eigenvalue weighted by molar-refractivity contribution is -0.131. The number of hydrogen-bond acceptors (Lipinski definition) is 4. The van der Waals surface area contributed by atoms with E-state index in [1.807, 2.05) is 27.7 Å². The van der Waals surface area contributed by atoms with E-state index in [-0.39, 0.29) is 23.3 Å². The maximum Gasteiger partial charge on any atom is 0.238 e. The second-order valence-corrected chi connectivity index (χ2v) is 8.49. The number of amides is 1. The van der Waals surface area contributed by atoms with Crippen LogP contribution in [0.3, 0.4) is 0 Å². The molecule has 0 spiro atoms. The molecule has 1 aliphatic carbocycles. The Balaban J connectivity index is 2.69. The predicted octanol–water partition coefficient (Wildman–Crippen LogP) is 0.226. The minimum Gasteiger partial charge on any atom is -0.392 e. The summed E-state index contributed by atoms with van der Waals surface area (Å²) in [6.07, 6.45) is 1.56. The fourth-order valence-electron chi connectivity index (χ4n) is 2.36. The standard InChI is InChI=1S/C13H26N2O4S/c1-8(2)6-9(15-20(5,18)19)12(17)14-10-7-11(16)13(10,3)4/h8-11,15-16H,6-7H2,1-5H3,(H,14,17). The summed E-state index contributed by atoms with van der Waals surface area (Å²) in [6, 6.07) is -0.889. The van der Waals surface area contributed by atoms with Crippen LogP contribution in [-0.2, 0) is 14.8 Å². The van der Waals surface area contributed by atoms with Gasteiger partial charge in [0.15, 0.2) is 0 Å². The summed E-state index contributed by atoms with van der Waals surface area (Å²) in [5.74, 6) is -0.130. The molecular formula is C13H26N2O4S. The molecule has 118 valence electrons. The zero-order chi connectivity index (χ0) is 15.7. The molecule has 20 heavy (non-hydrogen) atoms. The minimum atomic E-state index is -3.44. The van der Waals surface area contributed by atoms with E-state index in [0.717, 1.165) is 6.26 Å². The number of aliphatic hydroxyl groups excluding tert-OH is 1. The van der Waals surface area contributed by atoms with E-state index in [9.17, 15) is 18.3 Å². The zero-order valence-corrected chi connectivity index (χ0v) is 13.6. The number of carbonyl (C=O) groups is 1. The number of nitrogens with one attached hydrogen (secondary N) is 2. The number of carbonyl (C=O) groups excluding carboxylic acids is 1. The lowest BCUT2D eigenvalue weighted by atomic mass is 9.64.